The number of fused-ring (bicyclic) bond motifs is 1. The lowest BCUT2D eigenvalue weighted by Gasteiger charge is -2.11. The van der Waals surface area contributed by atoms with Gasteiger partial charge in [-0.25, -0.2) is 9.59 Å². The maximum atomic E-state index is 11.9. The lowest BCUT2D eigenvalue weighted by Crippen LogP contribution is -2.11. The van der Waals surface area contributed by atoms with Gasteiger partial charge in [0.2, 0.25) is 5.91 Å². The van der Waals surface area contributed by atoms with Crippen LogP contribution in [0.4, 0.5) is 5.69 Å². The van der Waals surface area contributed by atoms with E-state index < -0.39 is 11.6 Å². The minimum atomic E-state index is -0.511. The van der Waals surface area contributed by atoms with Crippen LogP contribution in [0.2, 0.25) is 0 Å². The number of anilines is 1. The summed E-state index contributed by atoms with van der Waals surface area (Å²) in [5.41, 5.74) is 1.46. The SMILES string of the molecule is CC(=O)Nc1ccc2c(COc3ccc(C(=O)OC(C)C)cc3)cc(=O)oc2c1. The molecular formula is C22H21NO6. The van der Waals surface area contributed by atoms with E-state index in [-0.39, 0.29) is 18.6 Å². The lowest BCUT2D eigenvalue weighted by molar-refractivity contribution is -0.114. The van der Waals surface area contributed by atoms with Gasteiger partial charge in [-0.3, -0.25) is 4.79 Å². The number of benzene rings is 2. The number of carbonyl (C=O) groups excluding carboxylic acids is 2. The number of carbonyl (C=O) groups is 2. The maximum absolute atomic E-state index is 11.9. The summed E-state index contributed by atoms with van der Waals surface area (Å²) in [7, 11) is 0. The number of esters is 1. The standard InChI is InChI=1S/C22H21NO6/c1-13(2)28-22(26)15-4-7-18(8-5-15)27-12-16-10-21(25)29-20-11-17(23-14(3)24)6-9-19(16)20/h4-11,13H,12H2,1-3H3,(H,23,24). The molecule has 1 amide bonds. The van der Waals surface area contributed by atoms with Crippen LogP contribution in [-0.2, 0) is 16.1 Å². The van der Waals surface area contributed by atoms with Crippen molar-refractivity contribution in [3.05, 3.63) is 70.1 Å². The molecule has 0 aliphatic rings. The third-order valence-electron chi connectivity index (χ3n) is 3.98. The molecule has 0 fully saturated rings. The second-order valence-electron chi connectivity index (χ2n) is 6.75. The Kier molecular flexibility index (Phi) is 5.97. The molecule has 0 saturated heterocycles. The van der Waals surface area contributed by atoms with Crippen molar-refractivity contribution in [2.24, 2.45) is 0 Å². The normalized spacial score (nSPS) is 10.8. The van der Waals surface area contributed by atoms with E-state index in [4.69, 9.17) is 13.9 Å². The van der Waals surface area contributed by atoms with Gasteiger partial charge >= 0.3 is 11.6 Å². The number of nitrogens with one attached hydrogen (secondary N) is 1. The molecule has 29 heavy (non-hydrogen) atoms. The molecule has 3 rings (SSSR count). The Morgan fingerprint density at radius 2 is 1.79 bits per heavy atom. The minimum Gasteiger partial charge on any atom is -0.489 e. The van der Waals surface area contributed by atoms with E-state index in [0.717, 1.165) is 0 Å². The molecule has 3 aromatic rings. The summed E-state index contributed by atoms with van der Waals surface area (Å²) in [6, 6.07) is 13.0. The van der Waals surface area contributed by atoms with Gasteiger partial charge in [0, 0.05) is 35.7 Å². The van der Waals surface area contributed by atoms with Crippen molar-refractivity contribution in [1.29, 1.82) is 0 Å². The van der Waals surface area contributed by atoms with Crippen LogP contribution in [0.1, 0.15) is 36.7 Å². The van der Waals surface area contributed by atoms with Gasteiger partial charge < -0.3 is 19.2 Å². The van der Waals surface area contributed by atoms with E-state index in [2.05, 4.69) is 5.32 Å². The molecule has 0 radical (unpaired) electrons. The number of amides is 1. The van der Waals surface area contributed by atoms with Gasteiger partial charge in [0.25, 0.3) is 0 Å². The van der Waals surface area contributed by atoms with Crippen molar-refractivity contribution in [1.82, 2.24) is 0 Å². The molecule has 0 atom stereocenters. The van der Waals surface area contributed by atoms with E-state index >= 15 is 0 Å². The van der Waals surface area contributed by atoms with Gasteiger partial charge in [-0.05, 0) is 50.2 Å². The molecule has 0 bridgehead atoms. The monoisotopic (exact) mass is 395 g/mol. The van der Waals surface area contributed by atoms with Gasteiger partial charge in [0.15, 0.2) is 0 Å². The molecule has 0 saturated carbocycles. The van der Waals surface area contributed by atoms with Crippen molar-refractivity contribution >= 4 is 28.5 Å². The van der Waals surface area contributed by atoms with Gasteiger partial charge in [0.05, 0.1) is 11.7 Å². The van der Waals surface area contributed by atoms with Crippen LogP contribution in [0.25, 0.3) is 11.0 Å². The van der Waals surface area contributed by atoms with Crippen LogP contribution in [0.5, 0.6) is 5.75 Å². The number of ether oxygens (including phenoxy) is 2. The van der Waals surface area contributed by atoms with Crippen molar-refractivity contribution in [2.45, 2.75) is 33.5 Å². The average molecular weight is 395 g/mol. The molecule has 0 spiro atoms. The van der Waals surface area contributed by atoms with Crippen molar-refractivity contribution in [3.63, 3.8) is 0 Å². The van der Waals surface area contributed by atoms with Gasteiger partial charge in [0.1, 0.15) is 17.9 Å². The van der Waals surface area contributed by atoms with E-state index in [1.54, 1.807) is 56.3 Å². The van der Waals surface area contributed by atoms with E-state index in [0.29, 0.717) is 33.5 Å². The Balaban J connectivity index is 1.77. The second kappa shape index (κ2) is 8.60. The molecule has 0 unspecified atom stereocenters. The Hall–Kier alpha value is -3.61. The predicted octanol–water partition coefficient (Wildman–Crippen LogP) is 3.90. The summed E-state index contributed by atoms with van der Waals surface area (Å²) >= 11 is 0. The highest BCUT2D eigenvalue weighted by Crippen LogP contribution is 2.23. The Morgan fingerprint density at radius 3 is 2.45 bits per heavy atom. The first-order valence-corrected chi connectivity index (χ1v) is 9.10. The summed E-state index contributed by atoms with van der Waals surface area (Å²) in [5.74, 6) is -0.0672. The third kappa shape index (κ3) is 5.22. The topological polar surface area (TPSA) is 94.8 Å². The highest BCUT2D eigenvalue weighted by atomic mass is 16.5. The molecule has 0 aliphatic heterocycles. The number of hydrogen-bond acceptors (Lipinski definition) is 6. The zero-order valence-corrected chi connectivity index (χ0v) is 16.4. The smallest absolute Gasteiger partial charge is 0.338 e. The molecule has 150 valence electrons. The minimum absolute atomic E-state index is 0.136. The van der Waals surface area contributed by atoms with Gasteiger partial charge in [-0.2, -0.15) is 0 Å². The third-order valence-corrected chi connectivity index (χ3v) is 3.98. The Bertz CT molecular complexity index is 1100. The Morgan fingerprint density at radius 1 is 1.07 bits per heavy atom. The van der Waals surface area contributed by atoms with E-state index in [1.165, 1.54) is 13.0 Å². The van der Waals surface area contributed by atoms with Gasteiger partial charge in [-0.1, -0.05) is 0 Å². The summed E-state index contributed by atoms with van der Waals surface area (Å²) < 4.78 is 16.1. The van der Waals surface area contributed by atoms with Crippen molar-refractivity contribution < 1.29 is 23.5 Å². The molecule has 1 aromatic heterocycles. The lowest BCUT2D eigenvalue weighted by atomic mass is 10.1. The molecule has 0 aliphatic carbocycles. The number of rotatable bonds is 6. The molecule has 7 heteroatoms. The molecule has 7 nitrogen and oxygen atoms in total. The zero-order valence-electron chi connectivity index (χ0n) is 16.4. The zero-order chi connectivity index (χ0) is 21.0. The largest absolute Gasteiger partial charge is 0.489 e. The first-order chi connectivity index (χ1) is 13.8. The fraction of sp³-hybridized carbons (Fsp3) is 0.227. The van der Waals surface area contributed by atoms with Crippen LogP contribution in [0.3, 0.4) is 0 Å². The summed E-state index contributed by atoms with van der Waals surface area (Å²) in [6.07, 6.45) is -0.192. The first kappa shape index (κ1) is 20.1. The predicted molar refractivity (Wildman–Crippen MR) is 108 cm³/mol. The molecule has 1 heterocycles. The molecule has 1 N–H and O–H groups in total. The van der Waals surface area contributed by atoms with Crippen molar-refractivity contribution in [2.75, 3.05) is 5.32 Å². The van der Waals surface area contributed by atoms with Crippen LogP contribution < -0.4 is 15.7 Å². The average Bonchev–Trinajstić information content (AvgIpc) is 2.65. The first-order valence-electron chi connectivity index (χ1n) is 9.10. The molecule has 2 aromatic carbocycles. The summed E-state index contributed by atoms with van der Waals surface area (Å²) in [4.78, 5) is 35.0. The van der Waals surface area contributed by atoms with E-state index in [1.807, 2.05) is 0 Å². The van der Waals surface area contributed by atoms with Crippen LogP contribution >= 0.6 is 0 Å². The quantitative estimate of drug-likeness (QED) is 0.502. The van der Waals surface area contributed by atoms with Crippen LogP contribution in [-0.4, -0.2) is 18.0 Å². The fourth-order valence-electron chi connectivity index (χ4n) is 2.76. The molecular weight excluding hydrogens is 374 g/mol. The maximum Gasteiger partial charge on any atom is 0.338 e. The summed E-state index contributed by atoms with van der Waals surface area (Å²) in [6.45, 7) is 5.11. The van der Waals surface area contributed by atoms with Crippen molar-refractivity contribution in [3.8, 4) is 5.75 Å². The fourth-order valence-corrected chi connectivity index (χ4v) is 2.76. The van der Waals surface area contributed by atoms with E-state index in [9.17, 15) is 14.4 Å². The highest BCUT2D eigenvalue weighted by molar-refractivity contribution is 5.92. The number of hydrogen-bond donors (Lipinski definition) is 1. The summed E-state index contributed by atoms with van der Waals surface area (Å²) in [5, 5.41) is 3.35. The van der Waals surface area contributed by atoms with Crippen LogP contribution in [0.15, 0.2) is 57.7 Å². The Labute approximate surface area is 167 Å². The van der Waals surface area contributed by atoms with Gasteiger partial charge in [-0.15, -0.1) is 0 Å². The highest BCUT2D eigenvalue weighted by Gasteiger charge is 2.11. The van der Waals surface area contributed by atoms with Crippen LogP contribution in [0, 0.1) is 0 Å². The second-order valence-corrected chi connectivity index (χ2v) is 6.75.